The summed E-state index contributed by atoms with van der Waals surface area (Å²) in [4.78, 5) is 12.2. The molecule has 1 aromatic carbocycles. The number of rotatable bonds is 3. The topological polar surface area (TPSA) is 55.1 Å². The van der Waals surface area contributed by atoms with Gasteiger partial charge in [-0.05, 0) is 37.0 Å². The molecule has 0 atom stereocenters. The summed E-state index contributed by atoms with van der Waals surface area (Å²) in [6.07, 6.45) is 4.82. The highest BCUT2D eigenvalue weighted by Gasteiger charge is 2.17. The molecule has 0 saturated heterocycles. The Morgan fingerprint density at radius 1 is 1.40 bits per heavy atom. The number of halogens is 1. The average Bonchev–Trinajstić information content (AvgIpc) is 2.96. The number of carbonyl (C=O) groups excluding carboxylic acids is 1. The maximum atomic E-state index is 13.2. The first-order chi connectivity index (χ1) is 9.70. The van der Waals surface area contributed by atoms with Crippen LogP contribution in [-0.2, 0) is 0 Å². The molecule has 0 aliphatic heterocycles. The predicted octanol–water partition coefficient (Wildman–Crippen LogP) is 2.06. The number of nitrogens with two attached hydrogens (primary N) is 1. The molecule has 2 rings (SSSR count). The minimum Gasteiger partial charge on any atom is -0.352 e. The van der Waals surface area contributed by atoms with E-state index in [1.807, 2.05) is 0 Å². The van der Waals surface area contributed by atoms with Gasteiger partial charge in [-0.2, -0.15) is 0 Å². The summed E-state index contributed by atoms with van der Waals surface area (Å²) in [6, 6.07) is 4.02. The zero-order valence-corrected chi connectivity index (χ0v) is 11.4. The lowest BCUT2D eigenvalue weighted by Gasteiger charge is -2.11. The molecule has 1 aliphatic rings. The van der Waals surface area contributed by atoms with E-state index in [1.54, 1.807) is 0 Å². The van der Waals surface area contributed by atoms with Gasteiger partial charge >= 0.3 is 0 Å². The number of benzene rings is 1. The van der Waals surface area contributed by atoms with E-state index in [1.165, 1.54) is 43.9 Å². The Bertz CT molecular complexity index is 539. The third-order valence-corrected chi connectivity index (χ3v) is 3.58. The van der Waals surface area contributed by atoms with Crippen LogP contribution in [0, 0.1) is 23.6 Å². The molecule has 0 radical (unpaired) electrons. The minimum absolute atomic E-state index is 0.180. The van der Waals surface area contributed by atoms with E-state index in [9.17, 15) is 9.18 Å². The van der Waals surface area contributed by atoms with Gasteiger partial charge < -0.3 is 11.1 Å². The average molecular weight is 274 g/mol. The fourth-order valence-electron chi connectivity index (χ4n) is 2.51. The van der Waals surface area contributed by atoms with E-state index in [0.29, 0.717) is 23.6 Å². The fraction of sp³-hybridized carbons (Fsp3) is 0.438. The summed E-state index contributed by atoms with van der Waals surface area (Å²) in [5.74, 6) is 5.37. The Hall–Kier alpha value is -1.86. The van der Waals surface area contributed by atoms with Crippen LogP contribution < -0.4 is 11.1 Å². The third-order valence-electron chi connectivity index (χ3n) is 3.58. The predicted molar refractivity (Wildman–Crippen MR) is 76.6 cm³/mol. The summed E-state index contributed by atoms with van der Waals surface area (Å²) >= 11 is 0. The van der Waals surface area contributed by atoms with E-state index in [2.05, 4.69) is 17.2 Å². The van der Waals surface area contributed by atoms with Gasteiger partial charge in [-0.3, -0.25) is 4.79 Å². The molecule has 3 N–H and O–H groups in total. The van der Waals surface area contributed by atoms with Crippen LogP contribution in [-0.4, -0.2) is 19.0 Å². The van der Waals surface area contributed by atoms with Crippen molar-refractivity contribution >= 4 is 5.91 Å². The van der Waals surface area contributed by atoms with Crippen molar-refractivity contribution in [3.63, 3.8) is 0 Å². The van der Waals surface area contributed by atoms with Gasteiger partial charge in [0.05, 0.1) is 12.1 Å². The van der Waals surface area contributed by atoms with Gasteiger partial charge in [-0.1, -0.05) is 24.7 Å². The minimum atomic E-state index is -0.404. The van der Waals surface area contributed by atoms with Crippen LogP contribution in [0.25, 0.3) is 0 Å². The molecule has 106 valence electrons. The van der Waals surface area contributed by atoms with Gasteiger partial charge in [0.15, 0.2) is 0 Å². The second kappa shape index (κ2) is 7.06. The fourth-order valence-corrected chi connectivity index (χ4v) is 2.51. The van der Waals surface area contributed by atoms with Crippen molar-refractivity contribution in [2.45, 2.75) is 25.7 Å². The Balaban J connectivity index is 2.07. The van der Waals surface area contributed by atoms with Crippen molar-refractivity contribution in [3.05, 3.63) is 35.1 Å². The summed E-state index contributed by atoms with van der Waals surface area (Å²) in [6.45, 7) is 0.861. The summed E-state index contributed by atoms with van der Waals surface area (Å²) < 4.78 is 13.2. The van der Waals surface area contributed by atoms with Crippen LogP contribution in [0.4, 0.5) is 4.39 Å². The van der Waals surface area contributed by atoms with Crippen molar-refractivity contribution in [1.82, 2.24) is 5.32 Å². The second-order valence-corrected chi connectivity index (χ2v) is 5.06. The van der Waals surface area contributed by atoms with Crippen LogP contribution in [0.2, 0.25) is 0 Å². The lowest BCUT2D eigenvalue weighted by molar-refractivity contribution is 0.0947. The van der Waals surface area contributed by atoms with Crippen molar-refractivity contribution in [3.8, 4) is 11.8 Å². The normalized spacial score (nSPS) is 14.7. The molecule has 0 bridgehead atoms. The van der Waals surface area contributed by atoms with Crippen molar-refractivity contribution in [2.24, 2.45) is 11.7 Å². The van der Waals surface area contributed by atoms with Crippen LogP contribution in [0.1, 0.15) is 41.6 Å². The quantitative estimate of drug-likeness (QED) is 0.829. The number of hydrogen-bond acceptors (Lipinski definition) is 2. The zero-order chi connectivity index (χ0) is 14.4. The van der Waals surface area contributed by atoms with Crippen LogP contribution in [0.5, 0.6) is 0 Å². The molecule has 1 aliphatic carbocycles. The van der Waals surface area contributed by atoms with Gasteiger partial charge in [-0.25, -0.2) is 4.39 Å². The first kappa shape index (κ1) is 14.5. The molecular formula is C16H19FN2O. The molecule has 0 spiro atoms. The van der Waals surface area contributed by atoms with Gasteiger partial charge in [-0.15, -0.1) is 0 Å². The van der Waals surface area contributed by atoms with Crippen molar-refractivity contribution < 1.29 is 9.18 Å². The Morgan fingerprint density at radius 2 is 2.15 bits per heavy atom. The van der Waals surface area contributed by atoms with Gasteiger partial charge in [0.1, 0.15) is 5.82 Å². The van der Waals surface area contributed by atoms with Crippen molar-refractivity contribution in [2.75, 3.05) is 13.1 Å². The first-order valence-electron chi connectivity index (χ1n) is 6.97. The molecule has 20 heavy (non-hydrogen) atoms. The molecule has 1 amide bonds. The van der Waals surface area contributed by atoms with Gasteiger partial charge in [0, 0.05) is 12.1 Å². The smallest absolute Gasteiger partial charge is 0.252 e. The molecule has 0 unspecified atom stereocenters. The molecule has 1 aromatic rings. The largest absolute Gasteiger partial charge is 0.352 e. The molecule has 4 heteroatoms. The van der Waals surface area contributed by atoms with E-state index < -0.39 is 5.82 Å². The number of hydrogen-bond donors (Lipinski definition) is 2. The lowest BCUT2D eigenvalue weighted by Crippen LogP contribution is -2.29. The number of amides is 1. The van der Waals surface area contributed by atoms with Crippen LogP contribution in [0.3, 0.4) is 0 Å². The van der Waals surface area contributed by atoms with E-state index in [4.69, 9.17) is 5.73 Å². The molecule has 0 heterocycles. The Kier molecular flexibility index (Phi) is 5.14. The van der Waals surface area contributed by atoms with E-state index >= 15 is 0 Å². The Morgan fingerprint density at radius 3 is 2.85 bits per heavy atom. The summed E-state index contributed by atoms with van der Waals surface area (Å²) in [7, 11) is 0. The Labute approximate surface area is 118 Å². The highest BCUT2D eigenvalue weighted by atomic mass is 19.1. The molecule has 3 nitrogen and oxygen atoms in total. The van der Waals surface area contributed by atoms with Gasteiger partial charge in [0.2, 0.25) is 0 Å². The van der Waals surface area contributed by atoms with Crippen LogP contribution >= 0.6 is 0 Å². The monoisotopic (exact) mass is 274 g/mol. The lowest BCUT2D eigenvalue weighted by atomic mass is 10.1. The van der Waals surface area contributed by atoms with Gasteiger partial charge in [0.25, 0.3) is 5.91 Å². The molecule has 1 fully saturated rings. The summed E-state index contributed by atoms with van der Waals surface area (Å²) in [5, 5.41) is 2.92. The highest BCUT2D eigenvalue weighted by Crippen LogP contribution is 2.23. The number of nitrogens with one attached hydrogen (secondary N) is 1. The molecule has 0 aromatic heterocycles. The zero-order valence-electron chi connectivity index (χ0n) is 11.4. The second-order valence-electron chi connectivity index (χ2n) is 5.06. The van der Waals surface area contributed by atoms with E-state index in [0.717, 1.165) is 0 Å². The first-order valence-corrected chi connectivity index (χ1v) is 6.97. The highest BCUT2D eigenvalue weighted by molar-refractivity contribution is 5.96. The number of carbonyl (C=O) groups is 1. The van der Waals surface area contributed by atoms with Crippen LogP contribution in [0.15, 0.2) is 18.2 Å². The maximum Gasteiger partial charge on any atom is 0.252 e. The molecular weight excluding hydrogens is 255 g/mol. The third kappa shape index (κ3) is 3.82. The van der Waals surface area contributed by atoms with E-state index in [-0.39, 0.29) is 12.5 Å². The summed E-state index contributed by atoms with van der Waals surface area (Å²) in [5.41, 5.74) is 6.11. The SMILES string of the molecule is NCC#Cc1cc(F)ccc1C(=O)NCC1CCCC1. The molecule has 1 saturated carbocycles. The standard InChI is InChI=1S/C16H19FN2O/c17-14-7-8-15(13(10-14)6-3-9-18)16(20)19-11-12-4-1-2-5-12/h7-8,10,12H,1-2,4-5,9,11,18H2,(H,19,20). The maximum absolute atomic E-state index is 13.2. The van der Waals surface area contributed by atoms with Crippen molar-refractivity contribution in [1.29, 1.82) is 0 Å².